The van der Waals surface area contributed by atoms with Gasteiger partial charge in [-0.1, -0.05) is 22.8 Å². The van der Waals surface area contributed by atoms with E-state index in [-0.39, 0.29) is 5.91 Å². The van der Waals surface area contributed by atoms with Gasteiger partial charge in [-0.15, -0.1) is 0 Å². The van der Waals surface area contributed by atoms with Gasteiger partial charge in [0.1, 0.15) is 0 Å². The van der Waals surface area contributed by atoms with Crippen molar-refractivity contribution < 1.29 is 9.32 Å². The number of anilines is 1. The molecule has 0 saturated heterocycles. The SMILES string of the molecule is Cc1nc(-c2ccc(NC(=O)c3cccc(Cl)c3)c(C)c2)no1. The van der Waals surface area contributed by atoms with Gasteiger partial charge in [0.15, 0.2) is 0 Å². The minimum Gasteiger partial charge on any atom is -0.339 e. The number of carbonyl (C=O) groups excluding carboxylic acids is 1. The van der Waals surface area contributed by atoms with E-state index in [1.165, 1.54) is 0 Å². The molecule has 0 unspecified atom stereocenters. The zero-order valence-electron chi connectivity index (χ0n) is 12.6. The van der Waals surface area contributed by atoms with E-state index in [0.717, 1.165) is 16.8 Å². The van der Waals surface area contributed by atoms with Crippen molar-refractivity contribution in [2.75, 3.05) is 5.32 Å². The topological polar surface area (TPSA) is 68.0 Å². The fourth-order valence-corrected chi connectivity index (χ4v) is 2.37. The molecular weight excluding hydrogens is 314 g/mol. The van der Waals surface area contributed by atoms with Gasteiger partial charge < -0.3 is 9.84 Å². The van der Waals surface area contributed by atoms with Gasteiger partial charge in [-0.2, -0.15) is 4.98 Å². The van der Waals surface area contributed by atoms with Crippen LogP contribution in [0.3, 0.4) is 0 Å². The molecule has 3 aromatic rings. The van der Waals surface area contributed by atoms with Crippen molar-refractivity contribution in [1.29, 1.82) is 0 Å². The van der Waals surface area contributed by atoms with E-state index in [1.807, 2.05) is 25.1 Å². The molecule has 0 atom stereocenters. The molecule has 116 valence electrons. The Balaban J connectivity index is 1.82. The van der Waals surface area contributed by atoms with E-state index in [9.17, 15) is 4.79 Å². The van der Waals surface area contributed by atoms with Gasteiger partial charge in [0.05, 0.1) is 0 Å². The Morgan fingerprint density at radius 2 is 2.00 bits per heavy atom. The summed E-state index contributed by atoms with van der Waals surface area (Å²) < 4.78 is 4.98. The van der Waals surface area contributed by atoms with Gasteiger partial charge in [-0.05, 0) is 48.9 Å². The Kier molecular flexibility index (Phi) is 4.12. The van der Waals surface area contributed by atoms with Crippen molar-refractivity contribution in [2.45, 2.75) is 13.8 Å². The highest BCUT2D eigenvalue weighted by Gasteiger charge is 2.11. The van der Waals surface area contributed by atoms with Crippen LogP contribution in [0.5, 0.6) is 0 Å². The number of aryl methyl sites for hydroxylation is 2. The number of hydrogen-bond acceptors (Lipinski definition) is 4. The zero-order chi connectivity index (χ0) is 16.4. The van der Waals surface area contributed by atoms with Gasteiger partial charge in [0.2, 0.25) is 11.7 Å². The number of hydrogen-bond donors (Lipinski definition) is 1. The highest BCUT2D eigenvalue weighted by Crippen LogP contribution is 2.23. The van der Waals surface area contributed by atoms with E-state index >= 15 is 0 Å². The van der Waals surface area contributed by atoms with Gasteiger partial charge in [-0.25, -0.2) is 0 Å². The summed E-state index contributed by atoms with van der Waals surface area (Å²) in [6.45, 7) is 3.65. The smallest absolute Gasteiger partial charge is 0.255 e. The first kappa shape index (κ1) is 15.2. The highest BCUT2D eigenvalue weighted by molar-refractivity contribution is 6.31. The van der Waals surface area contributed by atoms with Crippen molar-refractivity contribution in [3.05, 3.63) is 64.5 Å². The van der Waals surface area contributed by atoms with Crippen LogP contribution in [-0.2, 0) is 0 Å². The first-order valence-corrected chi connectivity index (χ1v) is 7.39. The van der Waals surface area contributed by atoms with Crippen molar-refractivity contribution >= 4 is 23.2 Å². The standard InChI is InChI=1S/C17H14ClN3O2/c1-10-8-12(16-19-11(2)23-21-16)6-7-15(10)20-17(22)13-4-3-5-14(18)9-13/h3-9H,1-2H3,(H,20,22). The fourth-order valence-electron chi connectivity index (χ4n) is 2.18. The van der Waals surface area contributed by atoms with Gasteiger partial charge in [0.25, 0.3) is 5.91 Å². The Morgan fingerprint density at radius 3 is 2.65 bits per heavy atom. The third kappa shape index (κ3) is 3.40. The molecule has 1 amide bonds. The summed E-state index contributed by atoms with van der Waals surface area (Å²) in [5.74, 6) is 0.827. The molecule has 0 fully saturated rings. The molecule has 0 spiro atoms. The number of nitrogens with zero attached hydrogens (tertiary/aromatic N) is 2. The lowest BCUT2D eigenvalue weighted by Gasteiger charge is -2.09. The summed E-state index contributed by atoms with van der Waals surface area (Å²) in [6, 6.07) is 12.4. The van der Waals surface area contributed by atoms with E-state index in [2.05, 4.69) is 15.5 Å². The van der Waals surface area contributed by atoms with Crippen LogP contribution in [0.4, 0.5) is 5.69 Å². The average Bonchev–Trinajstić information content (AvgIpc) is 2.96. The van der Waals surface area contributed by atoms with Gasteiger partial charge in [-0.3, -0.25) is 4.79 Å². The van der Waals surface area contributed by atoms with Crippen molar-refractivity contribution in [3.8, 4) is 11.4 Å². The van der Waals surface area contributed by atoms with Crippen molar-refractivity contribution in [2.24, 2.45) is 0 Å². The first-order valence-electron chi connectivity index (χ1n) is 7.01. The highest BCUT2D eigenvalue weighted by atomic mass is 35.5. The molecule has 0 radical (unpaired) electrons. The molecular formula is C17H14ClN3O2. The molecule has 1 N–H and O–H groups in total. The Bertz CT molecular complexity index is 874. The van der Waals surface area contributed by atoms with Gasteiger partial charge >= 0.3 is 0 Å². The number of aromatic nitrogens is 2. The number of rotatable bonds is 3. The lowest BCUT2D eigenvalue weighted by atomic mass is 10.1. The third-order valence-corrected chi connectivity index (χ3v) is 3.58. The van der Waals surface area contributed by atoms with Gasteiger partial charge in [0, 0.05) is 28.8 Å². The molecule has 0 saturated carbocycles. The summed E-state index contributed by atoms with van der Waals surface area (Å²) in [5, 5.41) is 7.29. The maximum absolute atomic E-state index is 12.3. The van der Waals surface area contributed by atoms with Crippen LogP contribution in [0.25, 0.3) is 11.4 Å². The van der Waals surface area contributed by atoms with Crippen LogP contribution in [0, 0.1) is 13.8 Å². The lowest BCUT2D eigenvalue weighted by Crippen LogP contribution is -2.12. The van der Waals surface area contributed by atoms with Crippen molar-refractivity contribution in [3.63, 3.8) is 0 Å². The van der Waals surface area contributed by atoms with Crippen LogP contribution in [-0.4, -0.2) is 16.0 Å². The summed E-state index contributed by atoms with van der Waals surface area (Å²) in [5.41, 5.74) is 2.97. The molecule has 5 nitrogen and oxygen atoms in total. The lowest BCUT2D eigenvalue weighted by molar-refractivity contribution is 0.102. The fraction of sp³-hybridized carbons (Fsp3) is 0.118. The molecule has 0 bridgehead atoms. The van der Waals surface area contributed by atoms with Crippen LogP contribution in [0.15, 0.2) is 47.0 Å². The monoisotopic (exact) mass is 327 g/mol. The minimum atomic E-state index is -0.209. The zero-order valence-corrected chi connectivity index (χ0v) is 13.4. The summed E-state index contributed by atoms with van der Waals surface area (Å²) in [4.78, 5) is 16.5. The number of amides is 1. The van der Waals surface area contributed by atoms with E-state index in [4.69, 9.17) is 16.1 Å². The second kappa shape index (κ2) is 6.22. The van der Waals surface area contributed by atoms with E-state index in [1.54, 1.807) is 31.2 Å². The predicted molar refractivity (Wildman–Crippen MR) is 88.6 cm³/mol. The Hall–Kier alpha value is -2.66. The minimum absolute atomic E-state index is 0.209. The van der Waals surface area contributed by atoms with Crippen LogP contribution >= 0.6 is 11.6 Å². The number of carbonyl (C=O) groups is 1. The third-order valence-electron chi connectivity index (χ3n) is 3.35. The predicted octanol–water partition coefficient (Wildman–Crippen LogP) is 4.26. The summed E-state index contributed by atoms with van der Waals surface area (Å²) in [7, 11) is 0. The number of halogens is 1. The largest absolute Gasteiger partial charge is 0.339 e. The first-order chi connectivity index (χ1) is 11.0. The van der Waals surface area contributed by atoms with Crippen molar-refractivity contribution in [1.82, 2.24) is 10.1 Å². The Labute approximate surface area is 138 Å². The normalized spacial score (nSPS) is 10.6. The second-order valence-corrected chi connectivity index (χ2v) is 5.57. The molecule has 0 aliphatic rings. The molecule has 1 heterocycles. The van der Waals surface area contributed by atoms with Crippen LogP contribution in [0.1, 0.15) is 21.8 Å². The number of benzene rings is 2. The molecule has 6 heteroatoms. The summed E-state index contributed by atoms with van der Waals surface area (Å²) in [6.07, 6.45) is 0. The quantitative estimate of drug-likeness (QED) is 0.780. The molecule has 3 rings (SSSR count). The molecule has 1 aromatic heterocycles. The number of nitrogens with one attached hydrogen (secondary N) is 1. The molecule has 0 aliphatic carbocycles. The van der Waals surface area contributed by atoms with Crippen LogP contribution < -0.4 is 5.32 Å². The van der Waals surface area contributed by atoms with E-state index < -0.39 is 0 Å². The maximum Gasteiger partial charge on any atom is 0.255 e. The summed E-state index contributed by atoms with van der Waals surface area (Å²) >= 11 is 5.91. The maximum atomic E-state index is 12.3. The Morgan fingerprint density at radius 1 is 1.17 bits per heavy atom. The average molecular weight is 328 g/mol. The van der Waals surface area contributed by atoms with Crippen LogP contribution in [0.2, 0.25) is 5.02 Å². The second-order valence-electron chi connectivity index (χ2n) is 5.13. The van der Waals surface area contributed by atoms with E-state index in [0.29, 0.717) is 22.3 Å². The molecule has 0 aliphatic heterocycles. The molecule has 23 heavy (non-hydrogen) atoms. The molecule has 2 aromatic carbocycles.